The molecular weight excluding hydrogens is 306 g/mol. The predicted octanol–water partition coefficient (Wildman–Crippen LogP) is 3.80. The fourth-order valence-corrected chi connectivity index (χ4v) is 2.62. The fraction of sp³-hybridized carbons (Fsp3) is 0.444. The number of nitrogens with two attached hydrogens (primary N) is 1. The van der Waals surface area contributed by atoms with Gasteiger partial charge in [0.1, 0.15) is 17.0 Å². The number of nitrogen functional groups attached to an aromatic ring is 1. The molecule has 1 aromatic heterocycles. The van der Waals surface area contributed by atoms with E-state index in [1.54, 1.807) is 7.11 Å². The van der Waals surface area contributed by atoms with Crippen molar-refractivity contribution in [2.75, 3.05) is 12.8 Å². The number of ether oxygens (including phenoxy) is 2. The summed E-state index contributed by atoms with van der Waals surface area (Å²) in [4.78, 5) is 12.5. The molecule has 6 heteroatoms. The number of hydrogen-bond donors (Lipinski definition) is 1. The lowest BCUT2D eigenvalue weighted by Gasteiger charge is -2.19. The van der Waals surface area contributed by atoms with E-state index in [0.29, 0.717) is 17.1 Å². The third kappa shape index (κ3) is 3.22. The van der Waals surface area contributed by atoms with Crippen LogP contribution >= 0.6 is 0 Å². The summed E-state index contributed by atoms with van der Waals surface area (Å²) in [6.45, 7) is 5.49. The molecule has 0 atom stereocenters. The molecule has 24 heavy (non-hydrogen) atoms. The zero-order chi connectivity index (χ0) is 17.5. The van der Waals surface area contributed by atoms with Gasteiger partial charge in [-0.05, 0) is 45.7 Å². The second kappa shape index (κ2) is 5.85. The predicted molar refractivity (Wildman–Crippen MR) is 92.2 cm³/mol. The molecule has 0 aliphatic heterocycles. The molecule has 1 heterocycles. The van der Waals surface area contributed by atoms with Crippen LogP contribution in [0.2, 0.25) is 0 Å². The molecule has 0 spiro atoms. The highest BCUT2D eigenvalue weighted by Crippen LogP contribution is 2.45. The van der Waals surface area contributed by atoms with E-state index in [1.807, 2.05) is 45.0 Å². The lowest BCUT2D eigenvalue weighted by Crippen LogP contribution is -2.28. The summed E-state index contributed by atoms with van der Waals surface area (Å²) in [5.41, 5.74) is 8.44. The van der Waals surface area contributed by atoms with E-state index >= 15 is 0 Å². The van der Waals surface area contributed by atoms with Crippen molar-refractivity contribution < 1.29 is 14.3 Å². The van der Waals surface area contributed by atoms with Gasteiger partial charge in [0.25, 0.3) is 0 Å². The van der Waals surface area contributed by atoms with Crippen molar-refractivity contribution in [3.8, 4) is 17.0 Å². The van der Waals surface area contributed by atoms with Crippen LogP contribution in [0.15, 0.2) is 24.3 Å². The third-order valence-corrected chi connectivity index (χ3v) is 3.83. The minimum atomic E-state index is -0.589. The Morgan fingerprint density at radius 2 is 2.04 bits per heavy atom. The molecule has 0 amide bonds. The molecule has 1 aliphatic carbocycles. The molecule has 0 bridgehead atoms. The van der Waals surface area contributed by atoms with Crippen LogP contribution in [-0.4, -0.2) is 28.6 Å². The van der Waals surface area contributed by atoms with E-state index in [1.165, 1.54) is 4.68 Å². The maximum atomic E-state index is 12.5. The van der Waals surface area contributed by atoms with Gasteiger partial charge in [0, 0.05) is 11.5 Å². The number of hydrogen-bond acceptors (Lipinski definition) is 5. The lowest BCUT2D eigenvalue weighted by molar-refractivity contribution is 0.0510. The molecular formula is C18H23N3O3. The van der Waals surface area contributed by atoms with Crippen molar-refractivity contribution >= 4 is 11.8 Å². The first-order valence-corrected chi connectivity index (χ1v) is 8.06. The first kappa shape index (κ1) is 16.4. The smallest absolute Gasteiger partial charge is 0.435 e. The van der Waals surface area contributed by atoms with Gasteiger partial charge in [-0.2, -0.15) is 9.78 Å². The second-order valence-electron chi connectivity index (χ2n) is 7.05. The van der Waals surface area contributed by atoms with E-state index < -0.39 is 11.7 Å². The quantitative estimate of drug-likeness (QED) is 0.926. The van der Waals surface area contributed by atoms with E-state index in [-0.39, 0.29) is 5.92 Å². The number of methoxy groups -OCH3 is 1. The molecule has 3 rings (SSSR count). The molecule has 2 N–H and O–H groups in total. The first-order chi connectivity index (χ1) is 11.3. The molecule has 0 unspecified atom stereocenters. The summed E-state index contributed by atoms with van der Waals surface area (Å²) in [5, 5.41) is 4.46. The summed E-state index contributed by atoms with van der Waals surface area (Å²) in [7, 11) is 1.61. The van der Waals surface area contributed by atoms with Gasteiger partial charge in [-0.15, -0.1) is 0 Å². The Hall–Kier alpha value is -2.50. The molecule has 128 valence electrons. The highest BCUT2D eigenvalue weighted by molar-refractivity contribution is 5.81. The van der Waals surface area contributed by atoms with Crippen LogP contribution in [0.1, 0.15) is 45.2 Å². The molecule has 1 aliphatic rings. The summed E-state index contributed by atoms with van der Waals surface area (Å²) >= 11 is 0. The van der Waals surface area contributed by atoms with Gasteiger partial charge in [-0.25, -0.2) is 4.79 Å². The van der Waals surface area contributed by atoms with Crippen LogP contribution in [0, 0.1) is 0 Å². The average molecular weight is 329 g/mol. The molecule has 1 fully saturated rings. The van der Waals surface area contributed by atoms with Crippen LogP contribution in [0.3, 0.4) is 0 Å². The first-order valence-electron chi connectivity index (χ1n) is 8.06. The summed E-state index contributed by atoms with van der Waals surface area (Å²) in [5.74, 6) is 0.982. The molecule has 2 aromatic rings. The normalized spacial score (nSPS) is 14.5. The Morgan fingerprint density at radius 3 is 2.62 bits per heavy atom. The van der Waals surface area contributed by atoms with Crippen LogP contribution in [-0.2, 0) is 4.74 Å². The Morgan fingerprint density at radius 1 is 1.33 bits per heavy atom. The molecule has 0 radical (unpaired) electrons. The fourth-order valence-electron chi connectivity index (χ4n) is 2.62. The van der Waals surface area contributed by atoms with Gasteiger partial charge < -0.3 is 15.2 Å². The van der Waals surface area contributed by atoms with E-state index in [2.05, 4.69) is 5.10 Å². The monoisotopic (exact) mass is 329 g/mol. The van der Waals surface area contributed by atoms with E-state index in [0.717, 1.165) is 24.1 Å². The highest BCUT2D eigenvalue weighted by Gasteiger charge is 2.35. The average Bonchev–Trinajstić information content (AvgIpc) is 3.28. The molecule has 0 saturated heterocycles. The van der Waals surface area contributed by atoms with Crippen LogP contribution < -0.4 is 10.5 Å². The lowest BCUT2D eigenvalue weighted by atomic mass is 10.1. The minimum Gasteiger partial charge on any atom is -0.497 e. The minimum absolute atomic E-state index is 0.268. The highest BCUT2D eigenvalue weighted by atomic mass is 16.6. The summed E-state index contributed by atoms with van der Waals surface area (Å²) in [6, 6.07) is 7.48. The number of rotatable bonds is 3. The molecule has 6 nitrogen and oxygen atoms in total. The number of anilines is 1. The number of benzene rings is 1. The van der Waals surface area contributed by atoms with Gasteiger partial charge in [-0.1, -0.05) is 12.1 Å². The largest absolute Gasteiger partial charge is 0.497 e. The van der Waals surface area contributed by atoms with Crippen LogP contribution in [0.25, 0.3) is 11.3 Å². The van der Waals surface area contributed by atoms with Crippen molar-refractivity contribution in [3.63, 3.8) is 0 Å². The molecule has 1 aromatic carbocycles. The van der Waals surface area contributed by atoms with Gasteiger partial charge in [0.2, 0.25) is 0 Å². The van der Waals surface area contributed by atoms with E-state index in [9.17, 15) is 4.79 Å². The van der Waals surface area contributed by atoms with Gasteiger partial charge >= 0.3 is 6.09 Å². The Labute approximate surface area is 141 Å². The van der Waals surface area contributed by atoms with Crippen molar-refractivity contribution in [1.82, 2.24) is 9.78 Å². The number of carbonyl (C=O) groups excluding carboxylic acids is 1. The topological polar surface area (TPSA) is 79.4 Å². The summed E-state index contributed by atoms with van der Waals surface area (Å²) in [6.07, 6.45) is 1.53. The molecule has 1 saturated carbocycles. The van der Waals surface area contributed by atoms with Crippen molar-refractivity contribution in [1.29, 1.82) is 0 Å². The van der Waals surface area contributed by atoms with Gasteiger partial charge in [-0.3, -0.25) is 0 Å². The SMILES string of the molecule is COc1cccc(-c2nn(C(=O)OC(C)(C)C)c(C3CC3)c2N)c1. The Bertz CT molecular complexity index is 770. The van der Waals surface area contributed by atoms with Crippen molar-refractivity contribution in [2.24, 2.45) is 0 Å². The van der Waals surface area contributed by atoms with Gasteiger partial charge in [0.05, 0.1) is 18.5 Å². The maximum Gasteiger partial charge on any atom is 0.435 e. The summed E-state index contributed by atoms with van der Waals surface area (Å²) < 4.78 is 12.1. The maximum absolute atomic E-state index is 12.5. The van der Waals surface area contributed by atoms with Gasteiger partial charge in [0.15, 0.2) is 0 Å². The van der Waals surface area contributed by atoms with Crippen LogP contribution in [0.5, 0.6) is 5.75 Å². The van der Waals surface area contributed by atoms with Crippen molar-refractivity contribution in [2.45, 2.75) is 45.1 Å². The number of aromatic nitrogens is 2. The third-order valence-electron chi connectivity index (χ3n) is 3.83. The second-order valence-corrected chi connectivity index (χ2v) is 7.05. The van der Waals surface area contributed by atoms with Crippen molar-refractivity contribution in [3.05, 3.63) is 30.0 Å². The Kier molecular flexibility index (Phi) is 3.99. The van der Waals surface area contributed by atoms with Crippen LogP contribution in [0.4, 0.5) is 10.5 Å². The number of nitrogens with zero attached hydrogens (tertiary/aromatic N) is 2. The van der Waals surface area contributed by atoms with E-state index in [4.69, 9.17) is 15.2 Å². The standard InChI is InChI=1S/C18H23N3O3/c1-18(2,3)24-17(22)21-16(11-8-9-11)14(19)15(20-21)12-6-5-7-13(10-12)23-4/h5-7,10-11H,8-9,19H2,1-4H3. The zero-order valence-electron chi connectivity index (χ0n) is 14.5. The Balaban J connectivity index is 2.05. The zero-order valence-corrected chi connectivity index (χ0v) is 14.5. The number of carbonyl (C=O) groups is 1.